The minimum absolute atomic E-state index is 0.140. The summed E-state index contributed by atoms with van der Waals surface area (Å²) >= 11 is 0. The molecule has 1 aromatic rings. The zero-order valence-electron chi connectivity index (χ0n) is 12.1. The number of carbonyl (C=O) groups is 2. The summed E-state index contributed by atoms with van der Waals surface area (Å²) in [6.07, 6.45) is 0.463. The Balaban J connectivity index is 1.73. The second-order valence-corrected chi connectivity index (χ2v) is 5.17. The Morgan fingerprint density at radius 1 is 1.32 bits per heavy atom. The Morgan fingerprint density at radius 2 is 2.09 bits per heavy atom. The van der Waals surface area contributed by atoms with Gasteiger partial charge in [-0.2, -0.15) is 0 Å². The molecule has 7 nitrogen and oxygen atoms in total. The molecule has 2 aliphatic heterocycles. The maximum absolute atomic E-state index is 12.4. The van der Waals surface area contributed by atoms with Gasteiger partial charge in [0.05, 0.1) is 6.61 Å². The quantitative estimate of drug-likeness (QED) is 0.760. The van der Waals surface area contributed by atoms with E-state index in [1.807, 2.05) is 0 Å². The molecule has 7 heteroatoms. The number of aliphatic hydroxyl groups excluding tert-OH is 1. The lowest BCUT2D eigenvalue weighted by atomic mass is 10.1. The van der Waals surface area contributed by atoms with Crippen molar-refractivity contribution in [2.45, 2.75) is 6.42 Å². The van der Waals surface area contributed by atoms with Crippen LogP contribution in [-0.2, 0) is 9.59 Å². The fourth-order valence-electron chi connectivity index (χ4n) is 2.68. The maximum atomic E-state index is 12.4. The van der Waals surface area contributed by atoms with Crippen LogP contribution >= 0.6 is 0 Å². The number of hydrogen-bond acceptors (Lipinski definition) is 5. The fraction of sp³-hybridized carbons (Fsp3) is 0.467. The van der Waals surface area contributed by atoms with Crippen LogP contribution in [0.4, 0.5) is 5.69 Å². The van der Waals surface area contributed by atoms with Crippen LogP contribution in [0.1, 0.15) is 6.42 Å². The molecule has 0 saturated carbocycles. The van der Waals surface area contributed by atoms with Crippen molar-refractivity contribution in [3.05, 3.63) is 18.2 Å². The van der Waals surface area contributed by atoms with Gasteiger partial charge in [-0.1, -0.05) is 0 Å². The molecule has 1 unspecified atom stereocenters. The van der Waals surface area contributed by atoms with Gasteiger partial charge in [-0.05, 0) is 18.6 Å². The summed E-state index contributed by atoms with van der Waals surface area (Å²) in [5.74, 6) is 0.0228. The number of nitrogens with one attached hydrogen (secondary N) is 1. The lowest BCUT2D eigenvalue weighted by Gasteiger charge is -2.22. The van der Waals surface area contributed by atoms with E-state index in [1.54, 1.807) is 23.1 Å². The van der Waals surface area contributed by atoms with Gasteiger partial charge in [-0.25, -0.2) is 0 Å². The average Bonchev–Trinajstić information content (AvgIpc) is 2.94. The van der Waals surface area contributed by atoms with Crippen molar-refractivity contribution in [1.82, 2.24) is 5.32 Å². The van der Waals surface area contributed by atoms with E-state index >= 15 is 0 Å². The van der Waals surface area contributed by atoms with E-state index in [0.717, 1.165) is 0 Å². The summed E-state index contributed by atoms with van der Waals surface area (Å²) in [5, 5.41) is 11.3. The smallest absolute Gasteiger partial charge is 0.239 e. The molecular weight excluding hydrogens is 288 g/mol. The summed E-state index contributed by atoms with van der Waals surface area (Å²) in [6.45, 7) is 1.50. The summed E-state index contributed by atoms with van der Waals surface area (Å²) in [4.78, 5) is 25.9. The molecule has 0 radical (unpaired) electrons. The van der Waals surface area contributed by atoms with Gasteiger partial charge >= 0.3 is 0 Å². The van der Waals surface area contributed by atoms with E-state index in [4.69, 9.17) is 14.6 Å². The van der Waals surface area contributed by atoms with Gasteiger partial charge in [0.2, 0.25) is 11.8 Å². The van der Waals surface area contributed by atoms with Crippen molar-refractivity contribution < 1.29 is 24.2 Å². The standard InChI is InChI=1S/C15H18N2O5/c18-6-4-16-14(19)11-3-5-17(15(11)20)10-1-2-12-13(9-10)22-8-7-21-12/h1-2,9,11,18H,3-8H2,(H,16,19). The SMILES string of the molecule is O=C(NCCO)C1CCN(c2ccc3c(c2)OCCO3)C1=O. The molecule has 0 aliphatic carbocycles. The van der Waals surface area contributed by atoms with E-state index < -0.39 is 5.92 Å². The van der Waals surface area contributed by atoms with Crippen LogP contribution in [0.3, 0.4) is 0 Å². The number of ether oxygens (including phenoxy) is 2. The number of anilines is 1. The van der Waals surface area contributed by atoms with Gasteiger partial charge < -0.3 is 24.8 Å². The molecule has 1 saturated heterocycles. The molecule has 2 heterocycles. The number of carbonyl (C=O) groups excluding carboxylic acids is 2. The van der Waals surface area contributed by atoms with Crippen molar-refractivity contribution in [2.75, 3.05) is 37.8 Å². The molecule has 1 fully saturated rings. The number of fused-ring (bicyclic) bond motifs is 1. The number of rotatable bonds is 4. The molecule has 0 spiro atoms. The minimum Gasteiger partial charge on any atom is -0.486 e. The zero-order chi connectivity index (χ0) is 15.5. The Kier molecular flexibility index (Phi) is 4.15. The third kappa shape index (κ3) is 2.71. The second-order valence-electron chi connectivity index (χ2n) is 5.17. The first kappa shape index (κ1) is 14.6. The highest BCUT2D eigenvalue weighted by atomic mass is 16.6. The van der Waals surface area contributed by atoms with E-state index in [0.29, 0.717) is 43.4 Å². The van der Waals surface area contributed by atoms with Crippen LogP contribution in [0.25, 0.3) is 0 Å². The summed E-state index contributed by atoms with van der Waals surface area (Å²) in [5.41, 5.74) is 0.701. The highest BCUT2D eigenvalue weighted by Gasteiger charge is 2.37. The molecular formula is C15H18N2O5. The Hall–Kier alpha value is -2.28. The highest BCUT2D eigenvalue weighted by molar-refractivity contribution is 6.09. The Bertz CT molecular complexity index is 589. The first-order chi connectivity index (χ1) is 10.7. The number of aliphatic hydroxyl groups is 1. The van der Waals surface area contributed by atoms with E-state index in [9.17, 15) is 9.59 Å². The van der Waals surface area contributed by atoms with Crippen LogP contribution in [-0.4, -0.2) is 49.8 Å². The molecule has 1 atom stereocenters. The Labute approximate surface area is 127 Å². The van der Waals surface area contributed by atoms with E-state index in [-0.39, 0.29) is 25.0 Å². The largest absolute Gasteiger partial charge is 0.486 e. The van der Waals surface area contributed by atoms with Gasteiger partial charge in [-0.15, -0.1) is 0 Å². The van der Waals surface area contributed by atoms with Crippen LogP contribution in [0.15, 0.2) is 18.2 Å². The molecule has 22 heavy (non-hydrogen) atoms. The normalized spacial score (nSPS) is 20.1. The zero-order valence-corrected chi connectivity index (χ0v) is 12.1. The molecule has 3 rings (SSSR count). The highest BCUT2D eigenvalue weighted by Crippen LogP contribution is 2.35. The number of nitrogens with zero attached hydrogens (tertiary/aromatic N) is 1. The lowest BCUT2D eigenvalue weighted by molar-refractivity contribution is -0.132. The fourth-order valence-corrected chi connectivity index (χ4v) is 2.68. The van der Waals surface area contributed by atoms with Gasteiger partial charge in [0, 0.05) is 24.8 Å². The van der Waals surface area contributed by atoms with Crippen molar-refractivity contribution in [3.8, 4) is 11.5 Å². The second kappa shape index (κ2) is 6.23. The average molecular weight is 306 g/mol. The topological polar surface area (TPSA) is 88.1 Å². The maximum Gasteiger partial charge on any atom is 0.239 e. The van der Waals surface area contributed by atoms with Crippen molar-refractivity contribution in [2.24, 2.45) is 5.92 Å². The first-order valence-electron chi connectivity index (χ1n) is 7.30. The molecule has 1 aromatic carbocycles. The number of amides is 2. The van der Waals surface area contributed by atoms with Gasteiger partial charge in [0.1, 0.15) is 19.1 Å². The molecule has 118 valence electrons. The molecule has 0 aromatic heterocycles. The van der Waals surface area contributed by atoms with Crippen molar-refractivity contribution in [1.29, 1.82) is 0 Å². The third-order valence-electron chi connectivity index (χ3n) is 3.77. The van der Waals surface area contributed by atoms with E-state index in [1.165, 1.54) is 0 Å². The predicted octanol–water partition coefficient (Wildman–Crippen LogP) is -0.0808. The van der Waals surface area contributed by atoms with E-state index in [2.05, 4.69) is 5.32 Å². The summed E-state index contributed by atoms with van der Waals surface area (Å²) in [6, 6.07) is 5.33. The molecule has 2 amide bonds. The van der Waals surface area contributed by atoms with Crippen molar-refractivity contribution >= 4 is 17.5 Å². The van der Waals surface area contributed by atoms with Gasteiger partial charge in [0.25, 0.3) is 0 Å². The monoisotopic (exact) mass is 306 g/mol. The summed E-state index contributed by atoms with van der Waals surface area (Å²) in [7, 11) is 0. The summed E-state index contributed by atoms with van der Waals surface area (Å²) < 4.78 is 11.0. The number of benzene rings is 1. The third-order valence-corrected chi connectivity index (χ3v) is 3.77. The number of hydrogen-bond donors (Lipinski definition) is 2. The van der Waals surface area contributed by atoms with Crippen LogP contribution in [0.2, 0.25) is 0 Å². The predicted molar refractivity (Wildman–Crippen MR) is 78.0 cm³/mol. The van der Waals surface area contributed by atoms with Crippen LogP contribution in [0.5, 0.6) is 11.5 Å². The molecule has 0 bridgehead atoms. The minimum atomic E-state index is -0.695. The first-order valence-corrected chi connectivity index (χ1v) is 7.30. The molecule has 2 aliphatic rings. The van der Waals surface area contributed by atoms with Crippen LogP contribution < -0.4 is 19.7 Å². The van der Waals surface area contributed by atoms with Crippen molar-refractivity contribution in [3.63, 3.8) is 0 Å². The molecule has 2 N–H and O–H groups in total. The lowest BCUT2D eigenvalue weighted by Crippen LogP contribution is -2.37. The van der Waals surface area contributed by atoms with Gasteiger partial charge in [0.15, 0.2) is 11.5 Å². The Morgan fingerprint density at radius 3 is 2.86 bits per heavy atom. The van der Waals surface area contributed by atoms with Gasteiger partial charge in [-0.3, -0.25) is 9.59 Å². The van der Waals surface area contributed by atoms with Crippen LogP contribution in [0, 0.1) is 5.92 Å².